The number of carboxylic acids is 1. The molecule has 3 rings (SSSR count). The van der Waals surface area contributed by atoms with Crippen molar-refractivity contribution in [1.29, 1.82) is 0 Å². The summed E-state index contributed by atoms with van der Waals surface area (Å²) in [5, 5.41) is 20.0. The molecule has 0 spiro atoms. The summed E-state index contributed by atoms with van der Waals surface area (Å²) in [4.78, 5) is 28.5. The zero-order valence-electron chi connectivity index (χ0n) is 16.0. The fourth-order valence-corrected chi connectivity index (χ4v) is 2.72. The van der Waals surface area contributed by atoms with E-state index in [1.807, 2.05) is 24.3 Å². The number of aromatic nitrogens is 3. The molecule has 0 aliphatic heterocycles. The molecule has 30 heavy (non-hydrogen) atoms. The van der Waals surface area contributed by atoms with Crippen molar-refractivity contribution in [2.24, 2.45) is 16.5 Å². The molecule has 10 heteroatoms. The second-order valence-corrected chi connectivity index (χ2v) is 6.45. The molecule has 1 unspecified atom stereocenters. The maximum absolute atomic E-state index is 12.3. The highest BCUT2D eigenvalue weighted by atomic mass is 16.4. The van der Waals surface area contributed by atoms with Crippen LogP contribution in [0.15, 0.2) is 65.9 Å². The Morgan fingerprint density at radius 1 is 1.10 bits per heavy atom. The highest BCUT2D eigenvalue weighted by Crippen LogP contribution is 2.12. The first-order valence-electron chi connectivity index (χ1n) is 9.08. The van der Waals surface area contributed by atoms with Gasteiger partial charge in [-0.2, -0.15) is 20.0 Å². The quantitative estimate of drug-likeness (QED) is 0.324. The number of para-hydroxylation sites is 1. The number of benzene rings is 2. The largest absolute Gasteiger partial charge is 0.480 e. The van der Waals surface area contributed by atoms with Gasteiger partial charge in [-0.1, -0.05) is 30.3 Å². The Morgan fingerprint density at radius 3 is 2.43 bits per heavy atom. The lowest BCUT2D eigenvalue weighted by atomic mass is 10.0. The lowest BCUT2D eigenvalue weighted by Crippen LogP contribution is -2.32. The number of carbonyl (C=O) groups excluding carboxylic acids is 1. The van der Waals surface area contributed by atoms with E-state index < -0.39 is 17.9 Å². The minimum absolute atomic E-state index is 0.0276. The number of nitrogens with two attached hydrogens (primary N) is 2. The van der Waals surface area contributed by atoms with Gasteiger partial charge >= 0.3 is 5.97 Å². The van der Waals surface area contributed by atoms with Gasteiger partial charge < -0.3 is 21.9 Å². The van der Waals surface area contributed by atoms with Crippen LogP contribution in [0.3, 0.4) is 0 Å². The van der Waals surface area contributed by atoms with Gasteiger partial charge in [-0.25, -0.2) is 0 Å². The van der Waals surface area contributed by atoms with E-state index in [1.54, 1.807) is 36.7 Å². The maximum atomic E-state index is 12.3. The van der Waals surface area contributed by atoms with Crippen molar-refractivity contribution in [1.82, 2.24) is 20.3 Å². The van der Waals surface area contributed by atoms with E-state index in [0.717, 1.165) is 11.3 Å². The van der Waals surface area contributed by atoms with Crippen LogP contribution in [-0.4, -0.2) is 44.0 Å². The van der Waals surface area contributed by atoms with E-state index in [4.69, 9.17) is 16.6 Å². The number of aliphatic carboxylic acids is 1. The number of nitrogens with one attached hydrogen (secondary N) is 1. The van der Waals surface area contributed by atoms with Crippen LogP contribution in [0.4, 0.5) is 0 Å². The van der Waals surface area contributed by atoms with E-state index in [1.165, 1.54) is 4.80 Å². The fourth-order valence-electron chi connectivity index (χ4n) is 2.72. The number of carbonyl (C=O) groups is 2. The first kappa shape index (κ1) is 20.7. The van der Waals surface area contributed by atoms with E-state index in [0.29, 0.717) is 17.7 Å². The highest BCUT2D eigenvalue weighted by Gasteiger charge is 2.13. The number of carboxylic acid groups (broad SMARTS) is 1. The van der Waals surface area contributed by atoms with E-state index >= 15 is 0 Å². The Hall–Kier alpha value is -4.05. The van der Waals surface area contributed by atoms with Gasteiger partial charge in [0.2, 0.25) is 0 Å². The van der Waals surface area contributed by atoms with Crippen LogP contribution in [0.1, 0.15) is 21.5 Å². The number of rotatable bonds is 7. The van der Waals surface area contributed by atoms with Crippen molar-refractivity contribution >= 4 is 17.8 Å². The normalized spacial score (nSPS) is 12.4. The van der Waals surface area contributed by atoms with Crippen LogP contribution in [0.25, 0.3) is 5.69 Å². The third kappa shape index (κ3) is 5.26. The van der Waals surface area contributed by atoms with E-state index in [-0.39, 0.29) is 12.4 Å². The van der Waals surface area contributed by atoms with Gasteiger partial charge in [-0.15, -0.1) is 0 Å². The smallest absolute Gasteiger partial charge is 0.320 e. The summed E-state index contributed by atoms with van der Waals surface area (Å²) in [5.74, 6) is -1.63. The molecule has 3 aromatic rings. The molecular formula is C20H21N7O3. The van der Waals surface area contributed by atoms with Gasteiger partial charge in [0.25, 0.3) is 5.91 Å². The minimum atomic E-state index is -1.08. The predicted molar refractivity (Wildman–Crippen MR) is 110 cm³/mol. The van der Waals surface area contributed by atoms with Crippen LogP contribution < -0.4 is 16.8 Å². The molecule has 0 aliphatic rings. The monoisotopic (exact) mass is 407 g/mol. The molecule has 0 radical (unpaired) electrons. The molecule has 154 valence electrons. The first-order chi connectivity index (χ1) is 14.4. The summed E-state index contributed by atoms with van der Waals surface area (Å²) in [6.45, 7) is 0.326. The summed E-state index contributed by atoms with van der Waals surface area (Å²) in [6, 6.07) is 12.9. The van der Waals surface area contributed by atoms with Crippen LogP contribution in [-0.2, 0) is 17.8 Å². The SMILES string of the molecule is NC(=NC(=O)c1ccc(CC(N)C(=O)O)cc1)NCc1ccccc1-n1nccn1. The third-order valence-corrected chi connectivity index (χ3v) is 4.28. The van der Waals surface area contributed by atoms with Gasteiger partial charge in [-0.3, -0.25) is 9.59 Å². The molecule has 0 fully saturated rings. The highest BCUT2D eigenvalue weighted by molar-refractivity contribution is 6.02. The first-order valence-corrected chi connectivity index (χ1v) is 9.08. The predicted octanol–water partition coefficient (Wildman–Crippen LogP) is 0.466. The molecule has 1 heterocycles. The average molecular weight is 407 g/mol. The summed E-state index contributed by atoms with van der Waals surface area (Å²) >= 11 is 0. The van der Waals surface area contributed by atoms with E-state index in [9.17, 15) is 9.59 Å². The van der Waals surface area contributed by atoms with Crippen molar-refractivity contribution in [2.45, 2.75) is 19.0 Å². The molecule has 1 atom stereocenters. The topological polar surface area (TPSA) is 162 Å². The van der Waals surface area contributed by atoms with Gasteiger partial charge in [0.1, 0.15) is 6.04 Å². The Morgan fingerprint density at radius 2 is 1.77 bits per heavy atom. The Kier molecular flexibility index (Phi) is 6.50. The maximum Gasteiger partial charge on any atom is 0.320 e. The number of hydrogen-bond donors (Lipinski definition) is 4. The molecule has 0 saturated heterocycles. The molecule has 2 aromatic carbocycles. The van der Waals surface area contributed by atoms with Crippen LogP contribution >= 0.6 is 0 Å². The van der Waals surface area contributed by atoms with Gasteiger partial charge in [0.05, 0.1) is 18.1 Å². The standard InChI is InChI=1S/C20H21N7O3/c21-16(19(29)30)11-13-5-7-14(8-6-13)18(28)26-20(22)23-12-15-3-1-2-4-17(15)27-24-9-10-25-27/h1-10,16H,11-12,21H2,(H,29,30)(H3,22,23,26,28). The minimum Gasteiger partial charge on any atom is -0.480 e. The molecule has 1 amide bonds. The van der Waals surface area contributed by atoms with Crippen molar-refractivity contribution < 1.29 is 14.7 Å². The van der Waals surface area contributed by atoms with Crippen molar-refractivity contribution in [2.75, 3.05) is 0 Å². The molecule has 10 nitrogen and oxygen atoms in total. The number of amides is 1. The summed E-state index contributed by atoms with van der Waals surface area (Å²) in [5.41, 5.74) is 14.1. The molecule has 1 aromatic heterocycles. The fraction of sp³-hybridized carbons (Fsp3) is 0.150. The second-order valence-electron chi connectivity index (χ2n) is 6.45. The zero-order chi connectivity index (χ0) is 21.5. The Balaban J connectivity index is 1.62. The Labute approximate surface area is 172 Å². The van der Waals surface area contributed by atoms with Gasteiger partial charge in [-0.05, 0) is 35.7 Å². The molecule has 0 aliphatic carbocycles. The second kappa shape index (κ2) is 9.43. The molecule has 6 N–H and O–H groups in total. The number of aliphatic imine (C=N–C) groups is 1. The molecule has 0 bridgehead atoms. The van der Waals surface area contributed by atoms with Gasteiger partial charge in [0.15, 0.2) is 5.96 Å². The Bertz CT molecular complexity index is 1050. The summed E-state index contributed by atoms with van der Waals surface area (Å²) in [7, 11) is 0. The van der Waals surface area contributed by atoms with E-state index in [2.05, 4.69) is 20.5 Å². The number of guanidine groups is 1. The van der Waals surface area contributed by atoms with Crippen molar-refractivity contribution in [3.8, 4) is 5.69 Å². The summed E-state index contributed by atoms with van der Waals surface area (Å²) < 4.78 is 0. The summed E-state index contributed by atoms with van der Waals surface area (Å²) in [6.07, 6.45) is 3.33. The molecular weight excluding hydrogens is 386 g/mol. The van der Waals surface area contributed by atoms with Crippen LogP contribution in [0.2, 0.25) is 0 Å². The van der Waals surface area contributed by atoms with Crippen molar-refractivity contribution in [3.05, 3.63) is 77.6 Å². The third-order valence-electron chi connectivity index (χ3n) is 4.28. The lowest BCUT2D eigenvalue weighted by molar-refractivity contribution is -0.138. The zero-order valence-corrected chi connectivity index (χ0v) is 16.0. The lowest BCUT2D eigenvalue weighted by Gasteiger charge is -2.10. The van der Waals surface area contributed by atoms with Crippen LogP contribution in [0.5, 0.6) is 0 Å². The van der Waals surface area contributed by atoms with Gasteiger partial charge in [0, 0.05) is 12.1 Å². The van der Waals surface area contributed by atoms with Crippen molar-refractivity contribution in [3.63, 3.8) is 0 Å². The number of hydrogen-bond acceptors (Lipinski definition) is 5. The van der Waals surface area contributed by atoms with Crippen LogP contribution in [0, 0.1) is 0 Å². The number of nitrogens with zero attached hydrogens (tertiary/aromatic N) is 4. The molecule has 0 saturated carbocycles. The average Bonchev–Trinajstić information content (AvgIpc) is 3.27.